The van der Waals surface area contributed by atoms with Crippen LogP contribution in [0.3, 0.4) is 0 Å². The van der Waals surface area contributed by atoms with Crippen LogP contribution in [0.1, 0.15) is 20.8 Å². The Balaban J connectivity index is 1.65. The van der Waals surface area contributed by atoms with Gasteiger partial charge in [0, 0.05) is 24.3 Å². The number of hydrogen-bond acceptors (Lipinski definition) is 7. The second-order valence-corrected chi connectivity index (χ2v) is 5.14. The number of nitrogens with one attached hydrogen (secondary N) is 1. The van der Waals surface area contributed by atoms with Gasteiger partial charge in [0.25, 0.3) is 11.8 Å². The first-order chi connectivity index (χ1) is 11.6. The fourth-order valence-corrected chi connectivity index (χ4v) is 2.22. The van der Waals surface area contributed by atoms with Crippen molar-refractivity contribution in [1.29, 1.82) is 0 Å². The number of anilines is 2. The van der Waals surface area contributed by atoms with Crippen LogP contribution < -0.4 is 11.1 Å². The van der Waals surface area contributed by atoms with Gasteiger partial charge in [-0.2, -0.15) is 0 Å². The zero-order valence-corrected chi connectivity index (χ0v) is 12.8. The molecule has 124 valence electrons. The topological polar surface area (TPSA) is 123 Å². The molecule has 2 amide bonds. The molecular weight excluding hydrogens is 312 g/mol. The van der Waals surface area contributed by atoms with Crippen LogP contribution >= 0.6 is 0 Å². The van der Waals surface area contributed by atoms with Gasteiger partial charge in [-0.15, -0.1) is 10.2 Å². The highest BCUT2D eigenvalue weighted by molar-refractivity contribution is 5.94. The van der Waals surface area contributed by atoms with Gasteiger partial charge in [0.1, 0.15) is 0 Å². The van der Waals surface area contributed by atoms with Crippen molar-refractivity contribution < 1.29 is 14.3 Å². The summed E-state index contributed by atoms with van der Waals surface area (Å²) in [6, 6.07) is 6.95. The summed E-state index contributed by atoms with van der Waals surface area (Å²) in [5, 5.41) is 10.4. The molecule has 1 aliphatic rings. The highest BCUT2D eigenvalue weighted by Crippen LogP contribution is 2.15. The van der Waals surface area contributed by atoms with Crippen molar-refractivity contribution in [2.24, 2.45) is 5.73 Å². The van der Waals surface area contributed by atoms with Gasteiger partial charge >= 0.3 is 0 Å². The van der Waals surface area contributed by atoms with Crippen LogP contribution in [0.15, 0.2) is 30.5 Å². The molecule has 1 aromatic heterocycles. The predicted molar refractivity (Wildman–Crippen MR) is 84.8 cm³/mol. The molecule has 1 aromatic carbocycles. The molecule has 2 heterocycles. The van der Waals surface area contributed by atoms with Gasteiger partial charge in [0.2, 0.25) is 5.95 Å². The molecule has 1 aliphatic heterocycles. The summed E-state index contributed by atoms with van der Waals surface area (Å²) in [5.41, 5.74) is 6.37. The molecule has 0 radical (unpaired) electrons. The largest absolute Gasteiger partial charge is 0.378 e. The minimum atomic E-state index is -0.687. The normalized spacial score (nSPS) is 14.2. The SMILES string of the molecule is NC(=O)c1cnc(Nc2ccc(C(=O)N3CCOCC3)cc2)nn1. The van der Waals surface area contributed by atoms with Crippen molar-refractivity contribution >= 4 is 23.5 Å². The molecule has 24 heavy (non-hydrogen) atoms. The van der Waals surface area contributed by atoms with E-state index in [4.69, 9.17) is 10.5 Å². The first-order valence-electron chi connectivity index (χ1n) is 7.37. The van der Waals surface area contributed by atoms with Gasteiger partial charge in [-0.1, -0.05) is 0 Å². The maximum Gasteiger partial charge on any atom is 0.270 e. The number of nitrogens with zero attached hydrogens (tertiary/aromatic N) is 4. The molecule has 9 heteroatoms. The second kappa shape index (κ2) is 7.01. The third-order valence-electron chi connectivity index (χ3n) is 3.50. The van der Waals surface area contributed by atoms with E-state index in [9.17, 15) is 9.59 Å². The predicted octanol–water partition coefficient (Wildman–Crippen LogP) is 0.186. The molecule has 3 rings (SSSR count). The van der Waals surface area contributed by atoms with E-state index in [0.29, 0.717) is 37.6 Å². The minimum Gasteiger partial charge on any atom is -0.378 e. The number of primary amides is 1. The number of carbonyl (C=O) groups excluding carboxylic acids is 2. The summed E-state index contributed by atoms with van der Waals surface area (Å²) >= 11 is 0. The molecule has 9 nitrogen and oxygen atoms in total. The van der Waals surface area contributed by atoms with Crippen LogP contribution in [0.2, 0.25) is 0 Å². The number of morpholine rings is 1. The molecular formula is C15H16N6O3. The van der Waals surface area contributed by atoms with Gasteiger partial charge in [-0.05, 0) is 24.3 Å². The quantitative estimate of drug-likeness (QED) is 0.821. The molecule has 1 fully saturated rings. The van der Waals surface area contributed by atoms with E-state index >= 15 is 0 Å². The number of aromatic nitrogens is 3. The van der Waals surface area contributed by atoms with Gasteiger partial charge < -0.3 is 20.7 Å². The molecule has 0 saturated carbocycles. The third kappa shape index (κ3) is 3.63. The third-order valence-corrected chi connectivity index (χ3v) is 3.50. The van der Waals surface area contributed by atoms with E-state index in [1.165, 1.54) is 6.20 Å². The average Bonchev–Trinajstić information content (AvgIpc) is 2.63. The second-order valence-electron chi connectivity index (χ2n) is 5.14. The zero-order chi connectivity index (χ0) is 16.9. The lowest BCUT2D eigenvalue weighted by Crippen LogP contribution is -2.40. The van der Waals surface area contributed by atoms with E-state index in [1.807, 2.05) is 0 Å². The molecule has 2 aromatic rings. The van der Waals surface area contributed by atoms with Crippen molar-refractivity contribution in [3.63, 3.8) is 0 Å². The standard InChI is InChI=1S/C15H16N6O3/c16-13(22)12-9-17-15(20-19-12)18-11-3-1-10(2-4-11)14(23)21-5-7-24-8-6-21/h1-4,9H,5-8H2,(H2,16,22)(H,17,18,20). The number of carbonyl (C=O) groups is 2. The Hall–Kier alpha value is -3.07. The summed E-state index contributed by atoms with van der Waals surface area (Å²) in [6.07, 6.45) is 1.24. The number of hydrogen-bond donors (Lipinski definition) is 2. The first kappa shape index (κ1) is 15.8. The van der Waals surface area contributed by atoms with Gasteiger partial charge in [-0.3, -0.25) is 9.59 Å². The van der Waals surface area contributed by atoms with Gasteiger partial charge in [-0.25, -0.2) is 4.98 Å². The smallest absolute Gasteiger partial charge is 0.270 e. The van der Waals surface area contributed by atoms with Gasteiger partial charge in [0.05, 0.1) is 19.4 Å². The fourth-order valence-electron chi connectivity index (χ4n) is 2.22. The molecule has 0 bridgehead atoms. The molecule has 0 aliphatic carbocycles. The van der Waals surface area contributed by atoms with Gasteiger partial charge in [0.15, 0.2) is 5.69 Å². The van der Waals surface area contributed by atoms with Crippen molar-refractivity contribution in [2.75, 3.05) is 31.6 Å². The average molecular weight is 328 g/mol. The molecule has 1 saturated heterocycles. The van der Waals surface area contributed by atoms with E-state index in [-0.39, 0.29) is 17.5 Å². The van der Waals surface area contributed by atoms with Crippen molar-refractivity contribution in [1.82, 2.24) is 20.1 Å². The number of amides is 2. The summed E-state index contributed by atoms with van der Waals surface area (Å²) in [6.45, 7) is 2.34. The lowest BCUT2D eigenvalue weighted by molar-refractivity contribution is 0.0303. The van der Waals surface area contributed by atoms with Crippen LogP contribution in [-0.4, -0.2) is 58.2 Å². The lowest BCUT2D eigenvalue weighted by Gasteiger charge is -2.26. The van der Waals surface area contributed by atoms with E-state index in [2.05, 4.69) is 20.5 Å². The zero-order valence-electron chi connectivity index (χ0n) is 12.8. The maximum absolute atomic E-state index is 12.3. The number of benzene rings is 1. The Labute approximate surface area is 137 Å². The molecule has 0 unspecified atom stereocenters. The summed E-state index contributed by atoms with van der Waals surface area (Å²) < 4.78 is 5.24. The highest BCUT2D eigenvalue weighted by atomic mass is 16.5. The Morgan fingerprint density at radius 3 is 2.42 bits per heavy atom. The highest BCUT2D eigenvalue weighted by Gasteiger charge is 2.18. The lowest BCUT2D eigenvalue weighted by atomic mass is 10.1. The van der Waals surface area contributed by atoms with Crippen LogP contribution in [0.25, 0.3) is 0 Å². The number of rotatable bonds is 4. The Morgan fingerprint density at radius 2 is 1.83 bits per heavy atom. The molecule has 0 atom stereocenters. The van der Waals surface area contributed by atoms with E-state index in [0.717, 1.165) is 0 Å². The fraction of sp³-hybridized carbons (Fsp3) is 0.267. The molecule has 3 N–H and O–H groups in total. The van der Waals surface area contributed by atoms with E-state index < -0.39 is 5.91 Å². The van der Waals surface area contributed by atoms with Crippen molar-refractivity contribution in [3.05, 3.63) is 41.7 Å². The van der Waals surface area contributed by atoms with Crippen LogP contribution in [-0.2, 0) is 4.74 Å². The van der Waals surface area contributed by atoms with Crippen LogP contribution in [0.5, 0.6) is 0 Å². The first-order valence-corrected chi connectivity index (χ1v) is 7.37. The Kier molecular flexibility index (Phi) is 4.62. The maximum atomic E-state index is 12.3. The Bertz CT molecular complexity index is 726. The van der Waals surface area contributed by atoms with Crippen molar-refractivity contribution in [2.45, 2.75) is 0 Å². The van der Waals surface area contributed by atoms with E-state index in [1.54, 1.807) is 29.2 Å². The summed E-state index contributed by atoms with van der Waals surface area (Å²) in [7, 11) is 0. The summed E-state index contributed by atoms with van der Waals surface area (Å²) in [4.78, 5) is 29.0. The molecule has 0 spiro atoms. The Morgan fingerprint density at radius 1 is 1.12 bits per heavy atom. The minimum absolute atomic E-state index is 0.00740. The number of ether oxygens (including phenoxy) is 1. The summed E-state index contributed by atoms with van der Waals surface area (Å²) in [5.74, 6) is -0.478. The number of nitrogens with two attached hydrogens (primary N) is 1. The monoisotopic (exact) mass is 328 g/mol. The van der Waals surface area contributed by atoms with Crippen LogP contribution in [0.4, 0.5) is 11.6 Å². The van der Waals surface area contributed by atoms with Crippen LogP contribution in [0, 0.1) is 0 Å². The van der Waals surface area contributed by atoms with Crippen molar-refractivity contribution in [3.8, 4) is 0 Å².